The monoisotopic (exact) mass is 392 g/mol. The van der Waals surface area contributed by atoms with Gasteiger partial charge >= 0.3 is 5.97 Å². The van der Waals surface area contributed by atoms with Gasteiger partial charge in [-0.25, -0.2) is 4.79 Å². The number of aliphatic hydroxyl groups is 1. The minimum atomic E-state index is -1.24. The van der Waals surface area contributed by atoms with E-state index in [0.717, 1.165) is 0 Å². The van der Waals surface area contributed by atoms with Gasteiger partial charge in [0.05, 0.1) is 6.61 Å². The van der Waals surface area contributed by atoms with Crippen LogP contribution in [-0.2, 0) is 19.2 Å². The van der Waals surface area contributed by atoms with Crippen molar-refractivity contribution in [3.8, 4) is 0 Å². The minimum absolute atomic E-state index is 0.0566. The number of rotatable bonds is 11. The van der Waals surface area contributed by atoms with Crippen molar-refractivity contribution in [2.45, 2.75) is 51.4 Å². The summed E-state index contributed by atoms with van der Waals surface area (Å²) in [4.78, 5) is 47.1. The Morgan fingerprint density at radius 2 is 1.50 bits per heavy atom. The molecular formula is C15H28N4O6S. The van der Waals surface area contributed by atoms with Crippen molar-refractivity contribution in [2.24, 2.45) is 11.7 Å². The molecule has 4 unspecified atom stereocenters. The smallest absolute Gasteiger partial charge is 0.327 e. The maximum absolute atomic E-state index is 12.4. The Balaban J connectivity index is 4.92. The maximum Gasteiger partial charge on any atom is 0.327 e. The topological polar surface area (TPSA) is 171 Å². The highest BCUT2D eigenvalue weighted by Crippen LogP contribution is 2.06. The molecule has 0 saturated carbocycles. The first kappa shape index (κ1) is 24.1. The van der Waals surface area contributed by atoms with E-state index < -0.39 is 54.5 Å². The van der Waals surface area contributed by atoms with Crippen LogP contribution in [0.25, 0.3) is 0 Å². The third-order valence-corrected chi connectivity index (χ3v) is 3.79. The van der Waals surface area contributed by atoms with Crippen LogP contribution in [0.2, 0.25) is 0 Å². The van der Waals surface area contributed by atoms with Crippen LogP contribution in [-0.4, -0.2) is 70.4 Å². The summed E-state index contributed by atoms with van der Waals surface area (Å²) in [6.45, 7) is 4.51. The molecule has 0 fully saturated rings. The highest BCUT2D eigenvalue weighted by atomic mass is 32.1. The molecule has 0 spiro atoms. The highest BCUT2D eigenvalue weighted by Gasteiger charge is 2.28. The number of amides is 3. The Bertz CT molecular complexity index is 516. The molecule has 0 aliphatic rings. The second kappa shape index (κ2) is 11.7. The van der Waals surface area contributed by atoms with E-state index in [0.29, 0.717) is 6.42 Å². The van der Waals surface area contributed by atoms with E-state index in [1.807, 2.05) is 13.8 Å². The molecule has 0 heterocycles. The number of carbonyl (C=O) groups excluding carboxylic acids is 3. The van der Waals surface area contributed by atoms with Crippen LogP contribution >= 0.6 is 12.6 Å². The zero-order valence-electron chi connectivity index (χ0n) is 15.1. The zero-order valence-corrected chi connectivity index (χ0v) is 16.0. The number of thiol groups is 1. The molecule has 0 aromatic carbocycles. The number of carbonyl (C=O) groups is 4. The standard InChI is InChI=1S/C15H28N4O6S/c1-7(2)4-10(18-13(22)9(16)5-20)14(23)17-8(3)12(21)19-11(6-26)15(24)25/h7-11,20,26H,4-6,16H2,1-3H3,(H,17,23)(H,18,22)(H,19,21)(H,24,25). The molecule has 0 aliphatic carbocycles. The molecular weight excluding hydrogens is 364 g/mol. The third-order valence-electron chi connectivity index (χ3n) is 3.42. The van der Waals surface area contributed by atoms with Gasteiger partial charge in [0.2, 0.25) is 17.7 Å². The largest absolute Gasteiger partial charge is 0.480 e. The number of aliphatic carboxylic acids is 1. The van der Waals surface area contributed by atoms with Crippen molar-refractivity contribution in [3.63, 3.8) is 0 Å². The molecule has 26 heavy (non-hydrogen) atoms. The molecule has 0 bridgehead atoms. The number of nitrogens with two attached hydrogens (primary N) is 1. The fraction of sp³-hybridized carbons (Fsp3) is 0.733. The van der Waals surface area contributed by atoms with Crippen molar-refractivity contribution in [3.05, 3.63) is 0 Å². The lowest BCUT2D eigenvalue weighted by Crippen LogP contribution is -2.57. The van der Waals surface area contributed by atoms with Crippen LogP contribution < -0.4 is 21.7 Å². The first-order valence-corrected chi connectivity index (χ1v) is 8.77. The van der Waals surface area contributed by atoms with Crippen molar-refractivity contribution < 1.29 is 29.4 Å². The summed E-state index contributed by atoms with van der Waals surface area (Å²) < 4.78 is 0. The lowest BCUT2D eigenvalue weighted by atomic mass is 10.0. The predicted molar refractivity (Wildman–Crippen MR) is 97.5 cm³/mol. The zero-order chi connectivity index (χ0) is 20.4. The molecule has 7 N–H and O–H groups in total. The van der Waals surface area contributed by atoms with Crippen LogP contribution in [0.4, 0.5) is 0 Å². The van der Waals surface area contributed by atoms with Gasteiger partial charge in [-0.1, -0.05) is 13.8 Å². The Morgan fingerprint density at radius 1 is 0.962 bits per heavy atom. The molecule has 0 aliphatic heterocycles. The van der Waals surface area contributed by atoms with Gasteiger partial charge in [-0.05, 0) is 19.3 Å². The van der Waals surface area contributed by atoms with Crippen molar-refractivity contribution in [1.29, 1.82) is 0 Å². The fourth-order valence-corrected chi connectivity index (χ4v) is 2.17. The van der Waals surface area contributed by atoms with Gasteiger partial charge in [-0.3, -0.25) is 14.4 Å². The van der Waals surface area contributed by atoms with Crippen molar-refractivity contribution in [1.82, 2.24) is 16.0 Å². The van der Waals surface area contributed by atoms with Gasteiger partial charge in [0.15, 0.2) is 0 Å². The Labute approximate surface area is 157 Å². The second-order valence-electron chi connectivity index (χ2n) is 6.29. The molecule has 3 amide bonds. The summed E-state index contributed by atoms with van der Waals surface area (Å²) >= 11 is 3.84. The number of carboxylic acid groups (broad SMARTS) is 1. The summed E-state index contributed by atoms with van der Waals surface area (Å²) in [6.07, 6.45) is 0.290. The number of aliphatic hydroxyl groups excluding tert-OH is 1. The van der Waals surface area contributed by atoms with E-state index in [9.17, 15) is 19.2 Å². The average Bonchev–Trinajstić information content (AvgIpc) is 2.56. The average molecular weight is 392 g/mol. The number of nitrogens with one attached hydrogen (secondary N) is 3. The van der Waals surface area contributed by atoms with Crippen LogP contribution in [0.5, 0.6) is 0 Å². The second-order valence-corrected chi connectivity index (χ2v) is 6.66. The molecule has 0 rings (SSSR count). The minimum Gasteiger partial charge on any atom is -0.480 e. The highest BCUT2D eigenvalue weighted by molar-refractivity contribution is 7.80. The Kier molecular flexibility index (Phi) is 10.9. The predicted octanol–water partition coefficient (Wildman–Crippen LogP) is -2.16. The number of hydrogen-bond acceptors (Lipinski definition) is 7. The Hall–Kier alpha value is -1.85. The summed E-state index contributed by atoms with van der Waals surface area (Å²) in [6, 6.07) is -4.32. The molecule has 0 saturated heterocycles. The maximum atomic E-state index is 12.4. The lowest BCUT2D eigenvalue weighted by molar-refractivity contribution is -0.141. The van der Waals surface area contributed by atoms with Gasteiger partial charge in [-0.15, -0.1) is 0 Å². The van der Waals surface area contributed by atoms with E-state index in [1.54, 1.807) is 0 Å². The van der Waals surface area contributed by atoms with Gasteiger partial charge < -0.3 is 31.9 Å². The molecule has 11 heteroatoms. The van der Waals surface area contributed by atoms with Crippen LogP contribution in [0.3, 0.4) is 0 Å². The van der Waals surface area contributed by atoms with Crippen molar-refractivity contribution in [2.75, 3.05) is 12.4 Å². The normalized spacial score (nSPS) is 15.5. The van der Waals surface area contributed by atoms with Gasteiger partial charge in [0.1, 0.15) is 24.2 Å². The molecule has 0 aromatic heterocycles. The van der Waals surface area contributed by atoms with Crippen molar-refractivity contribution >= 4 is 36.3 Å². The first-order chi connectivity index (χ1) is 12.0. The van der Waals surface area contributed by atoms with E-state index in [4.69, 9.17) is 15.9 Å². The molecule has 150 valence electrons. The third kappa shape index (κ3) is 8.50. The number of hydrogen-bond donors (Lipinski definition) is 7. The van der Waals surface area contributed by atoms with E-state index in [-0.39, 0.29) is 11.7 Å². The SMILES string of the molecule is CC(C)CC(NC(=O)C(N)CO)C(=O)NC(C)C(=O)NC(CS)C(=O)O. The Morgan fingerprint density at radius 3 is 1.92 bits per heavy atom. The molecule has 4 atom stereocenters. The van der Waals surface area contributed by atoms with E-state index >= 15 is 0 Å². The van der Waals surface area contributed by atoms with Crippen LogP contribution in [0.15, 0.2) is 0 Å². The lowest BCUT2D eigenvalue weighted by Gasteiger charge is -2.24. The van der Waals surface area contributed by atoms with Crippen LogP contribution in [0.1, 0.15) is 27.2 Å². The van der Waals surface area contributed by atoms with E-state index in [2.05, 4.69) is 28.6 Å². The van der Waals surface area contributed by atoms with Crippen LogP contribution in [0, 0.1) is 5.92 Å². The van der Waals surface area contributed by atoms with Gasteiger partial charge in [0, 0.05) is 5.75 Å². The van der Waals surface area contributed by atoms with E-state index in [1.165, 1.54) is 6.92 Å². The fourth-order valence-electron chi connectivity index (χ4n) is 1.93. The summed E-state index contributed by atoms with van der Waals surface area (Å²) in [5, 5.41) is 24.9. The summed E-state index contributed by atoms with van der Waals surface area (Å²) in [7, 11) is 0. The quantitative estimate of drug-likeness (QED) is 0.196. The molecule has 0 radical (unpaired) electrons. The molecule has 10 nitrogen and oxygen atoms in total. The number of carboxylic acids is 1. The van der Waals surface area contributed by atoms with Gasteiger partial charge in [-0.2, -0.15) is 12.6 Å². The first-order valence-electron chi connectivity index (χ1n) is 8.14. The van der Waals surface area contributed by atoms with Gasteiger partial charge in [0.25, 0.3) is 0 Å². The molecule has 0 aromatic rings. The summed E-state index contributed by atoms with van der Waals surface area (Å²) in [5.41, 5.74) is 5.42. The summed E-state index contributed by atoms with van der Waals surface area (Å²) in [5.74, 6) is -3.28.